The van der Waals surface area contributed by atoms with Crippen LogP contribution in [0, 0.1) is 0 Å². The van der Waals surface area contributed by atoms with Crippen LogP contribution < -0.4 is 9.80 Å². The van der Waals surface area contributed by atoms with E-state index in [0.717, 1.165) is 39.7 Å². The average Bonchev–Trinajstić information content (AvgIpc) is 3.70. The highest BCUT2D eigenvalue weighted by Crippen LogP contribution is 2.51. The second-order valence-corrected chi connectivity index (χ2v) is 15.7. The van der Waals surface area contributed by atoms with E-state index in [1.807, 2.05) is 11.3 Å². The molecule has 0 aliphatic heterocycles. The Morgan fingerprint density at radius 1 is 0.352 bits per heavy atom. The molecule has 0 saturated heterocycles. The minimum atomic E-state index is -0.118. The molecule has 1 heterocycles. The first-order valence-electron chi connectivity index (χ1n) is 18.6. The predicted octanol–water partition coefficient (Wildman–Crippen LogP) is 15.0. The molecule has 2 nitrogen and oxygen atoms in total. The number of thiophene rings is 1. The number of benzene rings is 8. The van der Waals surface area contributed by atoms with E-state index in [9.17, 15) is 0 Å². The number of hydrogen-bond donors (Lipinski definition) is 0. The minimum absolute atomic E-state index is 0.118. The molecule has 8 aromatic carbocycles. The van der Waals surface area contributed by atoms with Gasteiger partial charge in [0, 0.05) is 59.7 Å². The SMILES string of the molecule is CC1(C)c2ccccc2-c2ccc(N(c3ccccc3)c3cc(-c4ccc5sc6ccccc6c5c4)cc(N(c4ccccc4)c4ccccc4)c3)cc21. The van der Waals surface area contributed by atoms with Gasteiger partial charge in [0.1, 0.15) is 0 Å². The second kappa shape index (κ2) is 12.9. The lowest BCUT2D eigenvalue weighted by Crippen LogP contribution is -2.17. The van der Waals surface area contributed by atoms with Crippen LogP contribution in [0.5, 0.6) is 0 Å². The molecule has 0 atom stereocenters. The maximum absolute atomic E-state index is 2.43. The van der Waals surface area contributed by atoms with Gasteiger partial charge in [0.05, 0.1) is 0 Å². The van der Waals surface area contributed by atoms with Gasteiger partial charge in [0.15, 0.2) is 0 Å². The quantitative estimate of drug-likeness (QED) is 0.162. The summed E-state index contributed by atoms with van der Waals surface area (Å²) in [6, 6.07) is 70.9. The van der Waals surface area contributed by atoms with Gasteiger partial charge in [-0.15, -0.1) is 11.3 Å². The van der Waals surface area contributed by atoms with Crippen molar-refractivity contribution in [3.63, 3.8) is 0 Å². The number of para-hydroxylation sites is 3. The van der Waals surface area contributed by atoms with Crippen LogP contribution in [0.1, 0.15) is 25.0 Å². The largest absolute Gasteiger partial charge is 0.310 e. The van der Waals surface area contributed by atoms with Crippen molar-refractivity contribution in [2.24, 2.45) is 0 Å². The summed E-state index contributed by atoms with van der Waals surface area (Å²) in [5.41, 5.74) is 14.2. The van der Waals surface area contributed by atoms with E-state index in [2.05, 4.69) is 218 Å². The van der Waals surface area contributed by atoms with E-state index in [4.69, 9.17) is 0 Å². The third kappa shape index (κ3) is 5.39. The first kappa shape index (κ1) is 32.2. The lowest BCUT2D eigenvalue weighted by molar-refractivity contribution is 0.660. The van der Waals surface area contributed by atoms with Crippen molar-refractivity contribution < 1.29 is 0 Å². The van der Waals surface area contributed by atoms with Crippen molar-refractivity contribution in [1.82, 2.24) is 0 Å². The predicted molar refractivity (Wildman–Crippen MR) is 232 cm³/mol. The van der Waals surface area contributed by atoms with Crippen molar-refractivity contribution in [1.29, 1.82) is 0 Å². The zero-order valence-electron chi connectivity index (χ0n) is 30.3. The van der Waals surface area contributed by atoms with E-state index < -0.39 is 0 Å². The first-order chi connectivity index (χ1) is 26.5. The van der Waals surface area contributed by atoms with Crippen LogP contribution in [-0.4, -0.2) is 0 Å². The second-order valence-electron chi connectivity index (χ2n) is 14.6. The fourth-order valence-corrected chi connectivity index (χ4v) is 9.47. The molecular formula is C51H38N2S. The molecular weight excluding hydrogens is 673 g/mol. The van der Waals surface area contributed by atoms with Crippen molar-refractivity contribution in [2.45, 2.75) is 19.3 Å². The summed E-state index contributed by atoms with van der Waals surface area (Å²) in [5.74, 6) is 0. The van der Waals surface area contributed by atoms with Gasteiger partial charge in [0.25, 0.3) is 0 Å². The third-order valence-corrected chi connectivity index (χ3v) is 12.1. The topological polar surface area (TPSA) is 6.48 Å². The molecule has 0 radical (unpaired) electrons. The molecule has 0 N–H and O–H groups in total. The molecule has 0 spiro atoms. The van der Waals surface area contributed by atoms with Crippen molar-refractivity contribution in [3.05, 3.63) is 205 Å². The molecule has 0 amide bonds. The Balaban J connectivity index is 1.23. The van der Waals surface area contributed by atoms with Crippen LogP contribution >= 0.6 is 11.3 Å². The smallest absolute Gasteiger partial charge is 0.0488 e. The molecule has 1 aromatic heterocycles. The first-order valence-corrected chi connectivity index (χ1v) is 19.4. The van der Waals surface area contributed by atoms with Crippen molar-refractivity contribution >= 4 is 65.6 Å². The van der Waals surface area contributed by atoms with Crippen LogP contribution in [0.25, 0.3) is 42.4 Å². The molecule has 1 aliphatic rings. The minimum Gasteiger partial charge on any atom is -0.310 e. The third-order valence-electron chi connectivity index (χ3n) is 11.0. The van der Waals surface area contributed by atoms with Crippen LogP contribution in [0.15, 0.2) is 194 Å². The van der Waals surface area contributed by atoms with Gasteiger partial charge in [-0.1, -0.05) is 123 Å². The van der Waals surface area contributed by atoms with Gasteiger partial charge in [-0.05, 0) is 118 Å². The fraction of sp³-hybridized carbons (Fsp3) is 0.0588. The number of anilines is 6. The molecule has 54 heavy (non-hydrogen) atoms. The Morgan fingerprint density at radius 3 is 1.56 bits per heavy atom. The standard InChI is InChI=1S/C51H38N2S/c1-51(2)47-24-14-12-22-43(47)44-28-27-40(34-48(44)51)53(39-20-10-5-11-21-39)42-31-36(35-26-29-50-46(32-35)45-23-13-15-25-49(45)54-50)30-41(33-42)52(37-16-6-3-7-17-37)38-18-8-4-9-19-38/h3-34H,1-2H3. The summed E-state index contributed by atoms with van der Waals surface area (Å²) < 4.78 is 2.62. The van der Waals surface area contributed by atoms with E-state index in [-0.39, 0.29) is 5.41 Å². The van der Waals surface area contributed by atoms with E-state index in [1.165, 1.54) is 48.0 Å². The van der Waals surface area contributed by atoms with Crippen LogP contribution in [-0.2, 0) is 5.41 Å². The zero-order chi connectivity index (χ0) is 36.2. The van der Waals surface area contributed by atoms with Gasteiger partial charge >= 0.3 is 0 Å². The number of hydrogen-bond acceptors (Lipinski definition) is 3. The number of rotatable bonds is 7. The number of nitrogens with zero attached hydrogens (tertiary/aromatic N) is 2. The lowest BCUT2D eigenvalue weighted by Gasteiger charge is -2.31. The zero-order valence-corrected chi connectivity index (χ0v) is 31.1. The van der Waals surface area contributed by atoms with Crippen LogP contribution in [0.3, 0.4) is 0 Å². The van der Waals surface area contributed by atoms with Gasteiger partial charge in [0.2, 0.25) is 0 Å². The molecule has 9 aromatic rings. The summed E-state index contributed by atoms with van der Waals surface area (Å²) in [7, 11) is 0. The summed E-state index contributed by atoms with van der Waals surface area (Å²) in [5, 5.41) is 2.60. The Morgan fingerprint density at radius 2 is 0.889 bits per heavy atom. The Hall–Kier alpha value is -6.42. The lowest BCUT2D eigenvalue weighted by atomic mass is 9.82. The average molecular weight is 711 g/mol. The fourth-order valence-electron chi connectivity index (χ4n) is 8.38. The Kier molecular flexibility index (Phi) is 7.71. The van der Waals surface area contributed by atoms with Gasteiger partial charge in [-0.25, -0.2) is 0 Å². The highest BCUT2D eigenvalue weighted by Gasteiger charge is 2.35. The molecule has 0 fully saturated rings. The molecule has 3 heteroatoms. The van der Waals surface area contributed by atoms with Crippen molar-refractivity contribution in [3.8, 4) is 22.3 Å². The molecule has 10 rings (SSSR count). The highest BCUT2D eigenvalue weighted by atomic mass is 32.1. The maximum atomic E-state index is 2.43. The molecule has 0 unspecified atom stereocenters. The maximum Gasteiger partial charge on any atom is 0.0488 e. The van der Waals surface area contributed by atoms with E-state index in [1.54, 1.807) is 0 Å². The van der Waals surface area contributed by atoms with Gasteiger partial charge in [-0.3, -0.25) is 0 Å². The van der Waals surface area contributed by atoms with E-state index in [0.29, 0.717) is 0 Å². The van der Waals surface area contributed by atoms with Gasteiger partial charge < -0.3 is 9.80 Å². The van der Waals surface area contributed by atoms with Crippen molar-refractivity contribution in [2.75, 3.05) is 9.80 Å². The van der Waals surface area contributed by atoms with Crippen LogP contribution in [0.2, 0.25) is 0 Å². The summed E-state index contributed by atoms with van der Waals surface area (Å²) in [4.78, 5) is 4.80. The van der Waals surface area contributed by atoms with Gasteiger partial charge in [-0.2, -0.15) is 0 Å². The summed E-state index contributed by atoms with van der Waals surface area (Å²) in [6.45, 7) is 4.71. The summed E-state index contributed by atoms with van der Waals surface area (Å²) >= 11 is 1.86. The highest BCUT2D eigenvalue weighted by molar-refractivity contribution is 7.25. The Bertz CT molecular complexity index is 2760. The van der Waals surface area contributed by atoms with E-state index >= 15 is 0 Å². The summed E-state index contributed by atoms with van der Waals surface area (Å²) in [6.07, 6.45) is 0. The molecule has 258 valence electrons. The molecule has 0 saturated carbocycles. The Labute approximate surface area is 320 Å². The number of fused-ring (bicyclic) bond motifs is 6. The molecule has 0 bridgehead atoms. The molecule has 1 aliphatic carbocycles. The normalized spacial score (nSPS) is 12.8. The monoisotopic (exact) mass is 710 g/mol. The van der Waals surface area contributed by atoms with Crippen LogP contribution in [0.4, 0.5) is 34.1 Å².